The van der Waals surface area contributed by atoms with Crippen molar-refractivity contribution in [1.82, 2.24) is 20.2 Å². The monoisotopic (exact) mass is 292 g/mol. The molecule has 1 N–H and O–H groups in total. The number of nitrogens with zero attached hydrogens (tertiary/aromatic N) is 4. The minimum Gasteiger partial charge on any atom is -0.479 e. The van der Waals surface area contributed by atoms with Crippen molar-refractivity contribution in [2.75, 3.05) is 0 Å². The number of aromatic nitrogens is 4. The van der Waals surface area contributed by atoms with Gasteiger partial charge in [0.25, 0.3) is 0 Å². The maximum atomic E-state index is 11.6. The minimum absolute atomic E-state index is 0.465. The van der Waals surface area contributed by atoms with Gasteiger partial charge in [0, 0.05) is 10.6 Å². The van der Waals surface area contributed by atoms with Gasteiger partial charge in [0.2, 0.25) is 0 Å². The van der Waals surface area contributed by atoms with E-state index in [9.17, 15) is 9.90 Å². The van der Waals surface area contributed by atoms with Crippen LogP contribution in [0.3, 0.4) is 0 Å². The SMILES string of the molecule is Cc1cc(-c2nnnn2C2(C(=O)O)CCC2)ccc1Cl. The van der Waals surface area contributed by atoms with E-state index in [1.165, 1.54) is 4.68 Å². The van der Waals surface area contributed by atoms with E-state index >= 15 is 0 Å². The molecule has 6 nitrogen and oxygen atoms in total. The van der Waals surface area contributed by atoms with Crippen LogP contribution in [0.5, 0.6) is 0 Å². The van der Waals surface area contributed by atoms with E-state index in [-0.39, 0.29) is 0 Å². The Morgan fingerprint density at radius 1 is 1.45 bits per heavy atom. The van der Waals surface area contributed by atoms with Gasteiger partial charge in [-0.25, -0.2) is 9.48 Å². The molecular weight excluding hydrogens is 280 g/mol. The van der Waals surface area contributed by atoms with E-state index in [4.69, 9.17) is 11.6 Å². The molecule has 7 heteroatoms. The van der Waals surface area contributed by atoms with Crippen molar-refractivity contribution >= 4 is 17.6 Å². The standard InChI is InChI=1S/C13H13ClN4O2/c1-8-7-9(3-4-10(8)14)11-15-16-17-18(11)13(12(19)20)5-2-6-13/h3-4,7H,2,5-6H2,1H3,(H,19,20). The van der Waals surface area contributed by atoms with E-state index in [1.54, 1.807) is 12.1 Å². The second-order valence-electron chi connectivity index (χ2n) is 5.07. The number of carbonyl (C=O) groups is 1. The molecule has 0 aliphatic heterocycles. The van der Waals surface area contributed by atoms with Crippen molar-refractivity contribution in [2.45, 2.75) is 31.7 Å². The van der Waals surface area contributed by atoms with Crippen molar-refractivity contribution < 1.29 is 9.90 Å². The number of carboxylic acids is 1. The summed E-state index contributed by atoms with van der Waals surface area (Å²) in [5, 5.41) is 21.7. The van der Waals surface area contributed by atoms with Crippen molar-refractivity contribution in [1.29, 1.82) is 0 Å². The smallest absolute Gasteiger partial charge is 0.331 e. The van der Waals surface area contributed by atoms with Crippen LogP contribution in [-0.2, 0) is 10.3 Å². The van der Waals surface area contributed by atoms with E-state index in [1.807, 2.05) is 13.0 Å². The van der Waals surface area contributed by atoms with Gasteiger partial charge in [0.05, 0.1) is 0 Å². The van der Waals surface area contributed by atoms with Gasteiger partial charge in [-0.05, 0) is 60.4 Å². The molecule has 0 unspecified atom stereocenters. The number of rotatable bonds is 3. The number of carboxylic acid groups (broad SMARTS) is 1. The summed E-state index contributed by atoms with van der Waals surface area (Å²) in [6.45, 7) is 1.89. The van der Waals surface area contributed by atoms with Gasteiger partial charge >= 0.3 is 5.97 Å². The molecule has 0 radical (unpaired) electrons. The fourth-order valence-corrected chi connectivity index (χ4v) is 2.58. The molecule has 1 aliphatic rings. The van der Waals surface area contributed by atoms with Gasteiger partial charge in [-0.2, -0.15) is 0 Å². The third-order valence-electron chi connectivity index (χ3n) is 3.87. The summed E-state index contributed by atoms with van der Waals surface area (Å²) in [7, 11) is 0. The van der Waals surface area contributed by atoms with E-state index in [0.717, 1.165) is 17.5 Å². The molecule has 1 aliphatic carbocycles. The highest BCUT2D eigenvalue weighted by atomic mass is 35.5. The average Bonchev–Trinajstić information content (AvgIpc) is 2.80. The summed E-state index contributed by atoms with van der Waals surface area (Å²) in [4.78, 5) is 11.6. The molecule has 0 amide bonds. The number of hydrogen-bond acceptors (Lipinski definition) is 4. The van der Waals surface area contributed by atoms with Crippen LogP contribution in [0, 0.1) is 6.92 Å². The predicted molar refractivity (Wildman–Crippen MR) is 72.5 cm³/mol. The minimum atomic E-state index is -1.01. The molecule has 3 rings (SSSR count). The average molecular weight is 293 g/mol. The highest BCUT2D eigenvalue weighted by Gasteiger charge is 2.49. The Morgan fingerprint density at radius 2 is 2.20 bits per heavy atom. The first-order chi connectivity index (χ1) is 9.54. The first-order valence-corrected chi connectivity index (χ1v) is 6.71. The number of aryl methyl sites for hydroxylation is 1. The van der Waals surface area contributed by atoms with Crippen LogP contribution in [0.4, 0.5) is 0 Å². The van der Waals surface area contributed by atoms with Crippen LogP contribution in [0.1, 0.15) is 24.8 Å². The van der Waals surface area contributed by atoms with E-state index in [2.05, 4.69) is 15.5 Å². The van der Waals surface area contributed by atoms with Gasteiger partial charge in [-0.3, -0.25) is 0 Å². The predicted octanol–water partition coefficient (Wildman–Crippen LogP) is 2.27. The van der Waals surface area contributed by atoms with Gasteiger partial charge in [-0.1, -0.05) is 11.6 Å². The Bertz CT molecular complexity index is 679. The van der Waals surface area contributed by atoms with Gasteiger partial charge < -0.3 is 5.11 Å². The number of hydrogen-bond donors (Lipinski definition) is 1. The largest absolute Gasteiger partial charge is 0.479 e. The second-order valence-corrected chi connectivity index (χ2v) is 5.48. The lowest BCUT2D eigenvalue weighted by Gasteiger charge is -2.37. The second kappa shape index (κ2) is 4.56. The van der Waals surface area contributed by atoms with Crippen molar-refractivity contribution in [2.24, 2.45) is 0 Å². The molecule has 0 atom stereocenters. The molecule has 0 bridgehead atoms. The first-order valence-electron chi connectivity index (χ1n) is 6.33. The number of tetrazole rings is 1. The van der Waals surface area contributed by atoms with E-state index < -0.39 is 11.5 Å². The molecule has 1 saturated carbocycles. The highest BCUT2D eigenvalue weighted by Crippen LogP contribution is 2.41. The molecule has 0 saturated heterocycles. The van der Waals surface area contributed by atoms with Crippen LogP contribution in [0.25, 0.3) is 11.4 Å². The maximum absolute atomic E-state index is 11.6. The van der Waals surface area contributed by atoms with Crippen LogP contribution >= 0.6 is 11.6 Å². The normalized spacial score (nSPS) is 16.7. The molecule has 20 heavy (non-hydrogen) atoms. The summed E-state index contributed by atoms with van der Waals surface area (Å²) < 4.78 is 1.43. The Labute approximate surface area is 120 Å². The Hall–Kier alpha value is -1.95. The fraction of sp³-hybridized carbons (Fsp3) is 0.385. The summed E-state index contributed by atoms with van der Waals surface area (Å²) in [5.41, 5.74) is 0.660. The lowest BCUT2D eigenvalue weighted by atomic mass is 9.76. The van der Waals surface area contributed by atoms with Crippen LogP contribution < -0.4 is 0 Å². The van der Waals surface area contributed by atoms with Crippen LogP contribution in [0.15, 0.2) is 18.2 Å². The molecular formula is C13H13ClN4O2. The first kappa shape index (κ1) is 13.1. The zero-order valence-electron chi connectivity index (χ0n) is 10.9. The fourth-order valence-electron chi connectivity index (χ4n) is 2.47. The van der Waals surface area contributed by atoms with Crippen molar-refractivity contribution in [3.05, 3.63) is 28.8 Å². The van der Waals surface area contributed by atoms with Crippen molar-refractivity contribution in [3.63, 3.8) is 0 Å². The van der Waals surface area contributed by atoms with Crippen LogP contribution in [0.2, 0.25) is 5.02 Å². The zero-order valence-corrected chi connectivity index (χ0v) is 11.6. The Balaban J connectivity index is 2.10. The maximum Gasteiger partial charge on any atom is 0.331 e. The molecule has 104 valence electrons. The lowest BCUT2D eigenvalue weighted by Crippen LogP contribution is -2.48. The highest BCUT2D eigenvalue weighted by molar-refractivity contribution is 6.31. The summed E-state index contributed by atoms with van der Waals surface area (Å²) >= 11 is 6.01. The van der Waals surface area contributed by atoms with Crippen molar-refractivity contribution in [3.8, 4) is 11.4 Å². The Morgan fingerprint density at radius 3 is 2.75 bits per heavy atom. The Kier molecular flexibility index (Phi) is 2.97. The topological polar surface area (TPSA) is 80.9 Å². The third kappa shape index (κ3) is 1.79. The summed E-state index contributed by atoms with van der Waals surface area (Å²) in [6, 6.07) is 5.42. The van der Waals surface area contributed by atoms with Gasteiger partial charge in [-0.15, -0.1) is 5.10 Å². The molecule has 1 fully saturated rings. The molecule has 1 aromatic carbocycles. The summed E-state index contributed by atoms with van der Waals surface area (Å²) in [5.74, 6) is -0.421. The molecule has 1 aromatic heterocycles. The number of aliphatic carboxylic acids is 1. The number of halogens is 1. The molecule has 0 spiro atoms. The lowest BCUT2D eigenvalue weighted by molar-refractivity contribution is -0.153. The zero-order chi connectivity index (χ0) is 14.3. The molecule has 1 heterocycles. The molecule has 2 aromatic rings. The van der Waals surface area contributed by atoms with Gasteiger partial charge in [0.15, 0.2) is 11.4 Å². The quantitative estimate of drug-likeness (QED) is 0.938. The summed E-state index contributed by atoms with van der Waals surface area (Å²) in [6.07, 6.45) is 1.96. The number of benzene rings is 1. The van der Waals surface area contributed by atoms with E-state index in [0.29, 0.717) is 23.7 Å². The third-order valence-corrected chi connectivity index (χ3v) is 4.29. The van der Waals surface area contributed by atoms with Gasteiger partial charge in [0.1, 0.15) is 0 Å². The van der Waals surface area contributed by atoms with Crippen LogP contribution in [-0.4, -0.2) is 31.3 Å².